The lowest BCUT2D eigenvalue weighted by Crippen LogP contribution is -2.47. The topological polar surface area (TPSA) is 87.2 Å². The van der Waals surface area contributed by atoms with Crippen molar-refractivity contribution in [2.45, 2.75) is 25.8 Å². The number of nitrogens with zero attached hydrogens (tertiary/aromatic N) is 3. The molecule has 0 bridgehead atoms. The number of carbonyl (C=O) groups is 2. The molecule has 0 unspecified atom stereocenters. The van der Waals surface area contributed by atoms with E-state index in [4.69, 9.17) is 0 Å². The van der Waals surface area contributed by atoms with E-state index in [1.807, 2.05) is 31.2 Å². The average molecular weight is 345 g/mol. The number of piperidine rings is 1. The molecule has 0 spiro atoms. The van der Waals surface area contributed by atoms with Crippen LogP contribution in [0, 0.1) is 6.92 Å². The van der Waals surface area contributed by atoms with Gasteiger partial charge < -0.3 is 15.5 Å². The van der Waals surface area contributed by atoms with Gasteiger partial charge in [-0.2, -0.15) is 0 Å². The van der Waals surface area contributed by atoms with Crippen LogP contribution in [0.15, 0.2) is 29.6 Å². The minimum Gasteiger partial charge on any atom is -0.337 e. The Labute approximate surface area is 144 Å². The van der Waals surface area contributed by atoms with E-state index < -0.39 is 0 Å². The van der Waals surface area contributed by atoms with Gasteiger partial charge in [-0.1, -0.05) is 22.2 Å². The summed E-state index contributed by atoms with van der Waals surface area (Å²) in [7, 11) is 0. The number of hydrogen-bond acceptors (Lipinski definition) is 5. The Morgan fingerprint density at radius 2 is 1.92 bits per heavy atom. The van der Waals surface area contributed by atoms with Crippen molar-refractivity contribution in [3.05, 3.63) is 40.9 Å². The highest BCUT2D eigenvalue weighted by atomic mass is 32.1. The van der Waals surface area contributed by atoms with E-state index in [9.17, 15) is 9.59 Å². The Morgan fingerprint density at radius 3 is 2.54 bits per heavy atom. The number of anilines is 1. The molecule has 1 aromatic carbocycles. The largest absolute Gasteiger partial charge is 0.337 e. The summed E-state index contributed by atoms with van der Waals surface area (Å²) < 4.78 is 3.72. The maximum Gasteiger partial charge on any atom is 0.319 e. The van der Waals surface area contributed by atoms with Crippen LogP contribution in [0.3, 0.4) is 0 Å². The van der Waals surface area contributed by atoms with Crippen LogP contribution in [0.1, 0.15) is 28.9 Å². The Morgan fingerprint density at radius 1 is 1.21 bits per heavy atom. The normalized spacial score (nSPS) is 15.1. The van der Waals surface area contributed by atoms with Crippen LogP contribution in [0.4, 0.5) is 10.5 Å². The first-order chi connectivity index (χ1) is 11.6. The number of urea groups is 1. The SMILES string of the molecule is Cc1ccc(NC(=O)NC2CCN(C(=O)c3csnn3)CC2)cc1. The molecule has 1 saturated heterocycles. The first kappa shape index (κ1) is 16.4. The Balaban J connectivity index is 1.46. The fourth-order valence-electron chi connectivity index (χ4n) is 2.64. The van der Waals surface area contributed by atoms with E-state index in [1.165, 1.54) is 11.5 Å². The Bertz CT molecular complexity index is 694. The van der Waals surface area contributed by atoms with Gasteiger partial charge in [0.1, 0.15) is 0 Å². The molecule has 0 radical (unpaired) electrons. The second kappa shape index (κ2) is 7.39. The van der Waals surface area contributed by atoms with Crippen LogP contribution in [-0.2, 0) is 0 Å². The van der Waals surface area contributed by atoms with Gasteiger partial charge in [0.25, 0.3) is 5.91 Å². The number of rotatable bonds is 3. The van der Waals surface area contributed by atoms with E-state index in [0.717, 1.165) is 24.1 Å². The molecule has 1 aromatic heterocycles. The van der Waals surface area contributed by atoms with Gasteiger partial charge in [-0.05, 0) is 43.4 Å². The molecule has 3 rings (SSSR count). The minimum absolute atomic E-state index is 0.0630. The summed E-state index contributed by atoms with van der Waals surface area (Å²) in [5.41, 5.74) is 2.30. The van der Waals surface area contributed by atoms with Crippen molar-refractivity contribution in [3.8, 4) is 0 Å². The molecule has 126 valence electrons. The molecule has 7 nitrogen and oxygen atoms in total. The number of aromatic nitrogens is 2. The van der Waals surface area contributed by atoms with E-state index in [1.54, 1.807) is 10.3 Å². The summed E-state index contributed by atoms with van der Waals surface area (Å²) in [4.78, 5) is 26.0. The summed E-state index contributed by atoms with van der Waals surface area (Å²) in [6, 6.07) is 7.50. The van der Waals surface area contributed by atoms with Crippen LogP contribution in [0.2, 0.25) is 0 Å². The molecule has 0 aliphatic carbocycles. The first-order valence-corrected chi connectivity index (χ1v) is 8.66. The van der Waals surface area contributed by atoms with Crippen LogP contribution in [0.25, 0.3) is 0 Å². The van der Waals surface area contributed by atoms with Gasteiger partial charge in [0.2, 0.25) is 0 Å². The number of aryl methyl sites for hydroxylation is 1. The van der Waals surface area contributed by atoms with Gasteiger partial charge in [0, 0.05) is 30.2 Å². The van der Waals surface area contributed by atoms with Crippen LogP contribution in [-0.4, -0.2) is 45.6 Å². The summed E-state index contributed by atoms with van der Waals surface area (Å²) in [5.74, 6) is -0.0914. The maximum atomic E-state index is 12.2. The number of hydrogen-bond donors (Lipinski definition) is 2. The smallest absolute Gasteiger partial charge is 0.319 e. The van der Waals surface area contributed by atoms with Gasteiger partial charge in [-0.25, -0.2) is 4.79 Å². The average Bonchev–Trinajstić information content (AvgIpc) is 3.11. The van der Waals surface area contributed by atoms with E-state index in [-0.39, 0.29) is 18.0 Å². The molecular formula is C16H19N5O2S. The highest BCUT2D eigenvalue weighted by Crippen LogP contribution is 2.14. The minimum atomic E-state index is -0.215. The van der Waals surface area contributed by atoms with E-state index >= 15 is 0 Å². The van der Waals surface area contributed by atoms with Crippen molar-refractivity contribution in [3.63, 3.8) is 0 Å². The monoisotopic (exact) mass is 345 g/mol. The molecular weight excluding hydrogens is 326 g/mol. The third kappa shape index (κ3) is 4.08. The van der Waals surface area contributed by atoms with Gasteiger partial charge in [-0.15, -0.1) is 5.10 Å². The van der Waals surface area contributed by atoms with Gasteiger partial charge in [-0.3, -0.25) is 4.79 Å². The van der Waals surface area contributed by atoms with Crippen LogP contribution < -0.4 is 10.6 Å². The van der Waals surface area contributed by atoms with Crippen molar-refractivity contribution in [2.75, 3.05) is 18.4 Å². The zero-order valence-electron chi connectivity index (χ0n) is 13.4. The summed E-state index contributed by atoms with van der Waals surface area (Å²) >= 11 is 1.17. The zero-order chi connectivity index (χ0) is 16.9. The third-order valence-electron chi connectivity index (χ3n) is 4.01. The van der Waals surface area contributed by atoms with Crippen LogP contribution >= 0.6 is 11.5 Å². The van der Waals surface area contributed by atoms with Crippen molar-refractivity contribution in [1.29, 1.82) is 0 Å². The maximum absolute atomic E-state index is 12.2. The Hall–Kier alpha value is -2.48. The van der Waals surface area contributed by atoms with E-state index in [0.29, 0.717) is 18.8 Å². The fraction of sp³-hybridized carbons (Fsp3) is 0.375. The molecule has 24 heavy (non-hydrogen) atoms. The molecule has 3 amide bonds. The van der Waals surface area contributed by atoms with Gasteiger partial charge in [0.05, 0.1) is 0 Å². The van der Waals surface area contributed by atoms with Crippen molar-refractivity contribution < 1.29 is 9.59 Å². The highest BCUT2D eigenvalue weighted by Gasteiger charge is 2.25. The standard InChI is InChI=1S/C16H19N5O2S/c1-11-2-4-12(5-3-11)17-16(23)18-13-6-8-21(9-7-13)15(22)14-10-24-20-19-14/h2-5,10,13H,6-9H2,1H3,(H2,17,18,23). The summed E-state index contributed by atoms with van der Waals surface area (Å²) in [6.07, 6.45) is 1.45. The van der Waals surface area contributed by atoms with Gasteiger partial charge in [0.15, 0.2) is 5.69 Å². The van der Waals surface area contributed by atoms with Crippen molar-refractivity contribution in [2.24, 2.45) is 0 Å². The van der Waals surface area contributed by atoms with Crippen molar-refractivity contribution in [1.82, 2.24) is 19.8 Å². The number of nitrogens with one attached hydrogen (secondary N) is 2. The second-order valence-corrected chi connectivity index (χ2v) is 6.43. The second-order valence-electron chi connectivity index (χ2n) is 5.82. The zero-order valence-corrected chi connectivity index (χ0v) is 14.2. The lowest BCUT2D eigenvalue weighted by atomic mass is 10.0. The molecule has 1 fully saturated rings. The highest BCUT2D eigenvalue weighted by molar-refractivity contribution is 7.03. The molecule has 1 aliphatic rings. The third-order valence-corrected chi connectivity index (χ3v) is 4.51. The summed E-state index contributed by atoms with van der Waals surface area (Å²) in [6.45, 7) is 3.21. The molecule has 2 N–H and O–H groups in total. The first-order valence-electron chi connectivity index (χ1n) is 7.82. The summed E-state index contributed by atoms with van der Waals surface area (Å²) in [5, 5.41) is 11.3. The quantitative estimate of drug-likeness (QED) is 0.893. The number of likely N-dealkylation sites (tertiary alicyclic amines) is 1. The van der Waals surface area contributed by atoms with Gasteiger partial charge >= 0.3 is 6.03 Å². The molecule has 0 atom stereocenters. The number of benzene rings is 1. The molecule has 2 heterocycles. The van der Waals surface area contributed by atoms with Crippen LogP contribution in [0.5, 0.6) is 0 Å². The molecule has 8 heteroatoms. The molecule has 2 aromatic rings. The number of carbonyl (C=O) groups excluding carboxylic acids is 2. The predicted molar refractivity (Wildman–Crippen MR) is 92.2 cm³/mol. The van der Waals surface area contributed by atoms with E-state index in [2.05, 4.69) is 20.2 Å². The predicted octanol–water partition coefficient (Wildman–Crippen LogP) is 2.27. The Kier molecular flexibility index (Phi) is 5.05. The lowest BCUT2D eigenvalue weighted by Gasteiger charge is -2.31. The lowest BCUT2D eigenvalue weighted by molar-refractivity contribution is 0.0703. The molecule has 0 saturated carbocycles. The van der Waals surface area contributed by atoms with Crippen molar-refractivity contribution >= 4 is 29.2 Å². The number of amides is 3. The fourth-order valence-corrected chi connectivity index (χ4v) is 3.07. The molecule has 1 aliphatic heterocycles.